The second-order valence-corrected chi connectivity index (χ2v) is 5.54. The smallest absolute Gasteiger partial charge is 0.260 e. The lowest BCUT2D eigenvalue weighted by Gasteiger charge is -2.32. The third kappa shape index (κ3) is 4.39. The molecule has 5 heteroatoms. The normalized spacial score (nSPS) is 18.9. The maximum atomic E-state index is 12.1. The van der Waals surface area contributed by atoms with Crippen LogP contribution in [0.4, 0.5) is 0 Å². The average Bonchev–Trinajstić information content (AvgIpc) is 2.47. The number of ether oxygens (including phenoxy) is 1. The van der Waals surface area contributed by atoms with Gasteiger partial charge in [0.2, 0.25) is 0 Å². The summed E-state index contributed by atoms with van der Waals surface area (Å²) in [6.45, 7) is 1.75. The second-order valence-electron chi connectivity index (χ2n) is 5.10. The van der Waals surface area contributed by atoms with Crippen LogP contribution in [0, 0.1) is 5.92 Å². The van der Waals surface area contributed by atoms with Gasteiger partial charge in [0.15, 0.2) is 6.61 Å². The topological polar surface area (TPSA) is 49.8 Å². The van der Waals surface area contributed by atoms with Gasteiger partial charge in [0.1, 0.15) is 5.75 Å². The van der Waals surface area contributed by atoms with Crippen molar-refractivity contribution >= 4 is 17.5 Å². The molecule has 4 nitrogen and oxygen atoms in total. The Kier molecular flexibility index (Phi) is 5.68. The molecular weight excluding hydrogens is 278 g/mol. The number of aliphatic hydroxyl groups is 1. The van der Waals surface area contributed by atoms with Gasteiger partial charge in [0.05, 0.1) is 0 Å². The zero-order valence-corrected chi connectivity index (χ0v) is 12.2. The second kappa shape index (κ2) is 7.50. The van der Waals surface area contributed by atoms with Crippen LogP contribution in [-0.2, 0) is 4.79 Å². The van der Waals surface area contributed by atoms with Crippen molar-refractivity contribution in [3.05, 3.63) is 29.3 Å². The molecule has 1 N–H and O–H groups in total. The Balaban J connectivity index is 1.80. The molecule has 1 aromatic rings. The minimum atomic E-state index is 0.00240. The van der Waals surface area contributed by atoms with Crippen LogP contribution in [-0.4, -0.2) is 42.2 Å². The summed E-state index contributed by atoms with van der Waals surface area (Å²) in [4.78, 5) is 13.9. The Labute approximate surface area is 124 Å². The van der Waals surface area contributed by atoms with Crippen LogP contribution in [0.3, 0.4) is 0 Å². The quantitative estimate of drug-likeness (QED) is 0.907. The van der Waals surface area contributed by atoms with Crippen molar-refractivity contribution in [1.82, 2.24) is 4.90 Å². The lowest BCUT2D eigenvalue weighted by Crippen LogP contribution is -2.42. The zero-order chi connectivity index (χ0) is 14.4. The number of amides is 1. The van der Waals surface area contributed by atoms with Gasteiger partial charge in [0, 0.05) is 24.7 Å². The van der Waals surface area contributed by atoms with E-state index < -0.39 is 0 Å². The highest BCUT2D eigenvalue weighted by molar-refractivity contribution is 6.30. The Bertz CT molecular complexity index is 433. The van der Waals surface area contributed by atoms with Crippen LogP contribution in [0.5, 0.6) is 5.75 Å². The molecule has 1 aliphatic heterocycles. The zero-order valence-electron chi connectivity index (χ0n) is 11.4. The van der Waals surface area contributed by atoms with E-state index in [9.17, 15) is 4.79 Å². The molecule has 0 spiro atoms. The fourth-order valence-electron chi connectivity index (χ4n) is 2.48. The monoisotopic (exact) mass is 297 g/mol. The van der Waals surface area contributed by atoms with Crippen molar-refractivity contribution < 1.29 is 14.6 Å². The lowest BCUT2D eigenvalue weighted by atomic mass is 9.95. The standard InChI is InChI=1S/C15H20ClNO3/c16-13-3-5-14(6-4-13)20-11-15(19)17-8-1-2-12(10-17)7-9-18/h3-6,12,18H,1-2,7-11H2. The third-order valence-electron chi connectivity index (χ3n) is 3.58. The van der Waals surface area contributed by atoms with Crippen LogP contribution in [0.15, 0.2) is 24.3 Å². The minimum Gasteiger partial charge on any atom is -0.484 e. The maximum absolute atomic E-state index is 12.1. The van der Waals surface area contributed by atoms with E-state index in [2.05, 4.69) is 0 Å². The molecule has 1 amide bonds. The van der Waals surface area contributed by atoms with Gasteiger partial charge in [-0.15, -0.1) is 0 Å². The molecule has 0 radical (unpaired) electrons. The summed E-state index contributed by atoms with van der Waals surface area (Å²) in [5.74, 6) is 1.06. The number of halogens is 1. The Morgan fingerprint density at radius 2 is 2.15 bits per heavy atom. The predicted molar refractivity (Wildman–Crippen MR) is 78.0 cm³/mol. The Hall–Kier alpha value is -1.26. The molecule has 1 heterocycles. The number of carbonyl (C=O) groups is 1. The number of piperidine rings is 1. The predicted octanol–water partition coefficient (Wildman–Crippen LogP) is 2.34. The number of nitrogens with zero attached hydrogens (tertiary/aromatic N) is 1. The molecule has 1 saturated heterocycles. The van der Waals surface area contributed by atoms with Crippen molar-refractivity contribution in [2.45, 2.75) is 19.3 Å². The fourth-order valence-corrected chi connectivity index (χ4v) is 2.60. The van der Waals surface area contributed by atoms with E-state index in [1.165, 1.54) is 0 Å². The first-order valence-electron chi connectivity index (χ1n) is 6.96. The highest BCUT2D eigenvalue weighted by Crippen LogP contribution is 2.20. The van der Waals surface area contributed by atoms with Gasteiger partial charge in [-0.3, -0.25) is 4.79 Å². The number of rotatable bonds is 5. The summed E-state index contributed by atoms with van der Waals surface area (Å²) in [6.07, 6.45) is 2.85. The van der Waals surface area contributed by atoms with Crippen molar-refractivity contribution in [1.29, 1.82) is 0 Å². The van der Waals surface area contributed by atoms with E-state index >= 15 is 0 Å². The summed E-state index contributed by atoms with van der Waals surface area (Å²) in [7, 11) is 0. The molecule has 2 rings (SSSR count). The van der Waals surface area contributed by atoms with Crippen LogP contribution >= 0.6 is 11.6 Å². The van der Waals surface area contributed by atoms with Crippen molar-refractivity contribution in [2.24, 2.45) is 5.92 Å². The molecule has 0 aliphatic carbocycles. The number of hydrogen-bond acceptors (Lipinski definition) is 3. The molecule has 0 bridgehead atoms. The van der Waals surface area contributed by atoms with E-state index in [1.54, 1.807) is 24.3 Å². The Morgan fingerprint density at radius 1 is 1.40 bits per heavy atom. The van der Waals surface area contributed by atoms with Crippen LogP contribution in [0.25, 0.3) is 0 Å². The molecule has 20 heavy (non-hydrogen) atoms. The molecular formula is C15H20ClNO3. The van der Waals surface area contributed by atoms with Gasteiger partial charge < -0.3 is 14.7 Å². The number of carbonyl (C=O) groups excluding carboxylic acids is 1. The summed E-state index contributed by atoms with van der Waals surface area (Å²) in [5.41, 5.74) is 0. The number of aliphatic hydroxyl groups excluding tert-OH is 1. The molecule has 0 saturated carbocycles. The first-order valence-corrected chi connectivity index (χ1v) is 7.34. The molecule has 1 atom stereocenters. The molecule has 110 valence electrons. The van der Waals surface area contributed by atoms with Crippen LogP contribution in [0.2, 0.25) is 5.02 Å². The van der Waals surface area contributed by atoms with Gasteiger partial charge in [-0.05, 0) is 49.4 Å². The van der Waals surface area contributed by atoms with Crippen LogP contribution in [0.1, 0.15) is 19.3 Å². The van der Waals surface area contributed by atoms with Crippen molar-refractivity contribution in [2.75, 3.05) is 26.3 Å². The average molecular weight is 298 g/mol. The van der Waals surface area contributed by atoms with Crippen molar-refractivity contribution in [3.8, 4) is 5.75 Å². The van der Waals surface area contributed by atoms with Crippen LogP contribution < -0.4 is 4.74 Å². The highest BCUT2D eigenvalue weighted by atomic mass is 35.5. The van der Waals surface area contributed by atoms with E-state index in [0.717, 1.165) is 32.4 Å². The van der Waals surface area contributed by atoms with Gasteiger partial charge in [-0.2, -0.15) is 0 Å². The first kappa shape index (κ1) is 15.1. The highest BCUT2D eigenvalue weighted by Gasteiger charge is 2.23. The van der Waals surface area contributed by atoms with E-state index in [1.807, 2.05) is 4.90 Å². The van der Waals surface area contributed by atoms with E-state index in [4.69, 9.17) is 21.4 Å². The Morgan fingerprint density at radius 3 is 2.85 bits per heavy atom. The van der Waals surface area contributed by atoms with Crippen molar-refractivity contribution in [3.63, 3.8) is 0 Å². The van der Waals surface area contributed by atoms with Gasteiger partial charge in [-0.1, -0.05) is 11.6 Å². The third-order valence-corrected chi connectivity index (χ3v) is 3.84. The van der Waals surface area contributed by atoms with Gasteiger partial charge >= 0.3 is 0 Å². The molecule has 1 aliphatic rings. The number of likely N-dealkylation sites (tertiary alicyclic amines) is 1. The van der Waals surface area contributed by atoms with Gasteiger partial charge in [0.25, 0.3) is 5.91 Å². The number of hydrogen-bond donors (Lipinski definition) is 1. The molecule has 1 fully saturated rings. The van der Waals surface area contributed by atoms with E-state index in [-0.39, 0.29) is 19.1 Å². The number of benzene rings is 1. The lowest BCUT2D eigenvalue weighted by molar-refractivity contribution is -0.135. The molecule has 0 aromatic heterocycles. The first-order chi connectivity index (χ1) is 9.69. The van der Waals surface area contributed by atoms with E-state index in [0.29, 0.717) is 16.7 Å². The maximum Gasteiger partial charge on any atom is 0.260 e. The van der Waals surface area contributed by atoms with Gasteiger partial charge in [-0.25, -0.2) is 0 Å². The molecule has 1 unspecified atom stereocenters. The summed E-state index contributed by atoms with van der Waals surface area (Å²) < 4.78 is 5.47. The summed E-state index contributed by atoms with van der Waals surface area (Å²) in [5, 5.41) is 9.62. The summed E-state index contributed by atoms with van der Waals surface area (Å²) >= 11 is 5.79. The summed E-state index contributed by atoms with van der Waals surface area (Å²) in [6, 6.07) is 6.97. The molecule has 1 aromatic carbocycles. The SMILES string of the molecule is O=C(COc1ccc(Cl)cc1)N1CCCC(CCO)C1. The minimum absolute atomic E-state index is 0.00240. The largest absolute Gasteiger partial charge is 0.484 e. The fraction of sp³-hybridized carbons (Fsp3) is 0.533.